The van der Waals surface area contributed by atoms with E-state index in [1.54, 1.807) is 0 Å². The summed E-state index contributed by atoms with van der Waals surface area (Å²) >= 11 is 1.98. The summed E-state index contributed by atoms with van der Waals surface area (Å²) in [6.45, 7) is 2.36. The maximum atomic E-state index is 5.19. The zero-order chi connectivity index (χ0) is 33.9. The molecule has 0 amide bonds. The van der Waals surface area contributed by atoms with Crippen LogP contribution in [0.5, 0.6) is 0 Å². The molecule has 6 aromatic carbocycles. The van der Waals surface area contributed by atoms with Crippen LogP contribution in [0.1, 0.15) is 18.4 Å². The third-order valence-corrected chi connectivity index (χ3v) is 12.0. The SMILES string of the molecule is CC12C=CC=CC1c1cccc(-c3ccc4c5ccccc5n(-c5nccc(-c6ccc(-c7cccc(-c8ccccc8)c7)cc6)n5)c4c3)c1S2. The van der Waals surface area contributed by atoms with Gasteiger partial charge in [-0.25, -0.2) is 9.97 Å². The molecule has 0 fully saturated rings. The molecule has 2 aliphatic rings. The van der Waals surface area contributed by atoms with Gasteiger partial charge in [0.1, 0.15) is 0 Å². The van der Waals surface area contributed by atoms with Crippen molar-refractivity contribution in [1.82, 2.24) is 14.5 Å². The highest BCUT2D eigenvalue weighted by molar-refractivity contribution is 8.01. The smallest absolute Gasteiger partial charge is 0.235 e. The molecule has 0 saturated heterocycles. The molecular formula is C47H33N3S. The monoisotopic (exact) mass is 671 g/mol. The van der Waals surface area contributed by atoms with E-state index in [2.05, 4.69) is 175 Å². The van der Waals surface area contributed by atoms with Crippen LogP contribution in [-0.2, 0) is 0 Å². The second-order valence-electron chi connectivity index (χ2n) is 13.6. The molecule has 0 radical (unpaired) electrons. The van der Waals surface area contributed by atoms with Crippen LogP contribution in [0.2, 0.25) is 0 Å². The molecule has 4 heteroatoms. The zero-order valence-electron chi connectivity index (χ0n) is 28.1. The van der Waals surface area contributed by atoms with Crippen LogP contribution < -0.4 is 0 Å². The van der Waals surface area contributed by atoms with Crippen LogP contribution in [0.15, 0.2) is 181 Å². The molecule has 1 aliphatic heterocycles. The summed E-state index contributed by atoms with van der Waals surface area (Å²) in [7, 11) is 0. The lowest BCUT2D eigenvalue weighted by molar-refractivity contribution is 0.702. The van der Waals surface area contributed by atoms with Gasteiger partial charge in [0.15, 0.2) is 0 Å². The highest BCUT2D eigenvalue weighted by Gasteiger charge is 2.42. The average molecular weight is 672 g/mol. The standard InChI is InChI=1S/C47H33N3S/c1-47-27-8-7-18-41(47)40-17-10-16-37(45(40)51-47)36-24-25-39-38-15-5-6-19-43(38)50(44(39)30-36)46-48-28-26-42(49-46)33-22-20-32(21-23-33)35-14-9-13-34(29-35)31-11-3-2-4-12-31/h2-30,41H,1H3. The summed E-state index contributed by atoms with van der Waals surface area (Å²) in [5, 5.41) is 2.38. The number of rotatable bonds is 5. The Labute approximate surface area is 301 Å². The zero-order valence-corrected chi connectivity index (χ0v) is 28.9. The quantitative estimate of drug-likeness (QED) is 0.182. The molecule has 3 heterocycles. The first-order chi connectivity index (χ1) is 25.1. The molecule has 2 unspecified atom stereocenters. The molecule has 3 nitrogen and oxygen atoms in total. The number of aromatic nitrogens is 3. The van der Waals surface area contributed by atoms with Gasteiger partial charge in [-0.3, -0.25) is 4.57 Å². The summed E-state index contributed by atoms with van der Waals surface area (Å²) in [5.74, 6) is 1.04. The van der Waals surface area contributed by atoms with Crippen LogP contribution in [0.25, 0.3) is 72.4 Å². The maximum Gasteiger partial charge on any atom is 0.235 e. The van der Waals surface area contributed by atoms with E-state index in [1.165, 1.54) is 54.6 Å². The van der Waals surface area contributed by atoms with Crippen molar-refractivity contribution in [1.29, 1.82) is 0 Å². The number of hydrogen-bond donors (Lipinski definition) is 0. The van der Waals surface area contributed by atoms with Crippen LogP contribution in [0, 0.1) is 0 Å². The lowest BCUT2D eigenvalue weighted by Crippen LogP contribution is -2.22. The van der Waals surface area contributed by atoms with Gasteiger partial charge in [-0.1, -0.05) is 146 Å². The van der Waals surface area contributed by atoms with Gasteiger partial charge in [0.25, 0.3) is 0 Å². The second kappa shape index (κ2) is 11.8. The number of fused-ring (bicyclic) bond motifs is 6. The Bertz CT molecular complexity index is 2690. The van der Waals surface area contributed by atoms with Crippen molar-refractivity contribution in [2.24, 2.45) is 0 Å². The molecule has 2 aromatic heterocycles. The minimum absolute atomic E-state index is 0.0326. The van der Waals surface area contributed by atoms with Gasteiger partial charge < -0.3 is 0 Å². The van der Waals surface area contributed by atoms with Crippen LogP contribution in [-0.4, -0.2) is 19.3 Å². The first-order valence-electron chi connectivity index (χ1n) is 17.4. The number of para-hydroxylation sites is 1. The van der Waals surface area contributed by atoms with Crippen LogP contribution >= 0.6 is 11.8 Å². The predicted molar refractivity (Wildman–Crippen MR) is 213 cm³/mol. The molecule has 2 atom stereocenters. The summed E-state index contributed by atoms with van der Waals surface area (Å²) in [4.78, 5) is 11.4. The Morgan fingerprint density at radius 3 is 2.16 bits per heavy atom. The summed E-state index contributed by atoms with van der Waals surface area (Å²) in [5.41, 5.74) is 12.8. The van der Waals surface area contributed by atoms with Gasteiger partial charge in [-0.05, 0) is 70.1 Å². The van der Waals surface area contributed by atoms with E-state index in [-0.39, 0.29) is 4.75 Å². The van der Waals surface area contributed by atoms with Crippen molar-refractivity contribution in [3.8, 4) is 50.6 Å². The van der Waals surface area contributed by atoms with E-state index in [9.17, 15) is 0 Å². The van der Waals surface area contributed by atoms with Crippen molar-refractivity contribution < 1.29 is 0 Å². The minimum Gasteiger partial charge on any atom is -0.278 e. The fraction of sp³-hybridized carbons (Fsp3) is 0.0638. The van der Waals surface area contributed by atoms with Gasteiger partial charge >= 0.3 is 0 Å². The Kier molecular flexibility index (Phi) is 6.93. The summed E-state index contributed by atoms with van der Waals surface area (Å²) in [6, 6.07) is 52.2. The van der Waals surface area contributed by atoms with Crippen molar-refractivity contribution in [2.45, 2.75) is 22.5 Å². The van der Waals surface area contributed by atoms with Crippen molar-refractivity contribution >= 4 is 33.6 Å². The van der Waals surface area contributed by atoms with Gasteiger partial charge in [0, 0.05) is 38.1 Å². The number of nitrogens with zero attached hydrogens (tertiary/aromatic N) is 3. The Morgan fingerprint density at radius 2 is 1.29 bits per heavy atom. The second-order valence-corrected chi connectivity index (χ2v) is 15.1. The molecule has 0 spiro atoms. The normalized spacial score (nSPS) is 17.5. The summed E-state index contributed by atoms with van der Waals surface area (Å²) in [6.07, 6.45) is 11.0. The first-order valence-corrected chi connectivity index (χ1v) is 18.3. The van der Waals surface area contributed by atoms with E-state index in [0.29, 0.717) is 11.9 Å². The average Bonchev–Trinajstić information content (AvgIpc) is 3.69. The largest absolute Gasteiger partial charge is 0.278 e. The molecule has 1 aliphatic carbocycles. The number of hydrogen-bond acceptors (Lipinski definition) is 3. The molecule has 51 heavy (non-hydrogen) atoms. The van der Waals surface area contributed by atoms with Crippen LogP contribution in [0.3, 0.4) is 0 Å². The first kappa shape index (κ1) is 29.9. The molecule has 0 bridgehead atoms. The molecular weight excluding hydrogens is 639 g/mol. The fourth-order valence-corrected chi connectivity index (χ4v) is 9.43. The Morgan fingerprint density at radius 1 is 0.588 bits per heavy atom. The third-order valence-electron chi connectivity index (χ3n) is 10.5. The van der Waals surface area contributed by atoms with Gasteiger partial charge in [-0.2, -0.15) is 0 Å². The maximum absolute atomic E-state index is 5.19. The van der Waals surface area contributed by atoms with Crippen LogP contribution in [0.4, 0.5) is 0 Å². The van der Waals surface area contributed by atoms with Gasteiger partial charge in [0.05, 0.1) is 16.7 Å². The number of allylic oxidation sites excluding steroid dienone is 3. The molecule has 10 rings (SSSR count). The van der Waals surface area contributed by atoms with Crippen molar-refractivity contribution in [3.63, 3.8) is 0 Å². The lowest BCUT2D eigenvalue weighted by Gasteiger charge is -2.27. The Balaban J connectivity index is 1.05. The number of thioether (sulfide) groups is 1. The van der Waals surface area contributed by atoms with E-state index in [0.717, 1.165) is 22.3 Å². The molecule has 8 aromatic rings. The highest BCUT2D eigenvalue weighted by Crippen LogP contribution is 2.58. The van der Waals surface area contributed by atoms with E-state index >= 15 is 0 Å². The van der Waals surface area contributed by atoms with Crippen molar-refractivity contribution in [2.75, 3.05) is 0 Å². The molecule has 0 N–H and O–H groups in total. The predicted octanol–water partition coefficient (Wildman–Crippen LogP) is 12.3. The Hall–Kier alpha value is -5.97. The van der Waals surface area contributed by atoms with E-state index < -0.39 is 0 Å². The van der Waals surface area contributed by atoms with Crippen molar-refractivity contribution in [3.05, 3.63) is 182 Å². The van der Waals surface area contributed by atoms with Gasteiger partial charge in [0.2, 0.25) is 5.95 Å². The molecule has 242 valence electrons. The fourth-order valence-electron chi connectivity index (χ4n) is 7.90. The third kappa shape index (κ3) is 4.98. The lowest BCUT2D eigenvalue weighted by atomic mass is 9.83. The molecule has 0 saturated carbocycles. The summed E-state index contributed by atoms with van der Waals surface area (Å²) < 4.78 is 2.26. The highest BCUT2D eigenvalue weighted by atomic mass is 32.2. The topological polar surface area (TPSA) is 30.7 Å². The van der Waals surface area contributed by atoms with E-state index in [4.69, 9.17) is 9.97 Å². The minimum atomic E-state index is 0.0326. The number of benzene rings is 6. The van der Waals surface area contributed by atoms with E-state index in [1.807, 2.05) is 24.0 Å². The van der Waals surface area contributed by atoms with Gasteiger partial charge in [-0.15, -0.1) is 11.8 Å².